The fraction of sp³-hybridized carbons (Fsp3) is 0. The van der Waals surface area contributed by atoms with Crippen LogP contribution >= 0.6 is 0 Å². The zero-order chi connectivity index (χ0) is 12.3. The molecule has 86 valence electrons. The fourth-order valence-corrected chi connectivity index (χ4v) is 1.32. The summed E-state index contributed by atoms with van der Waals surface area (Å²) in [6.07, 6.45) is 1.51. The van der Waals surface area contributed by atoms with Gasteiger partial charge in [0, 0.05) is 17.8 Å². The molecule has 6 heteroatoms. The van der Waals surface area contributed by atoms with Crippen LogP contribution in [0.2, 0.25) is 0 Å². The van der Waals surface area contributed by atoms with E-state index >= 15 is 0 Å². The standard InChI is InChI=1S/C11H10N4O2/c12-8-4-5-11(13-7-8)14-9-2-1-3-10(6-9)15(16)17/h1-7H,12H2,(H,13,14). The number of nitrogens with one attached hydrogen (secondary N) is 1. The zero-order valence-electron chi connectivity index (χ0n) is 8.83. The Hall–Kier alpha value is -2.63. The van der Waals surface area contributed by atoms with Crippen molar-refractivity contribution in [2.24, 2.45) is 0 Å². The third kappa shape index (κ3) is 2.69. The van der Waals surface area contributed by atoms with Crippen molar-refractivity contribution in [3.05, 3.63) is 52.7 Å². The van der Waals surface area contributed by atoms with Crippen molar-refractivity contribution in [2.75, 3.05) is 11.1 Å². The number of nitrogens with two attached hydrogens (primary N) is 1. The van der Waals surface area contributed by atoms with Gasteiger partial charge in [0.05, 0.1) is 16.8 Å². The number of nitro benzene ring substituents is 1. The molecule has 0 aliphatic carbocycles. The van der Waals surface area contributed by atoms with E-state index in [1.54, 1.807) is 24.3 Å². The molecule has 17 heavy (non-hydrogen) atoms. The monoisotopic (exact) mass is 230 g/mol. The van der Waals surface area contributed by atoms with E-state index in [4.69, 9.17) is 5.73 Å². The first-order valence-electron chi connectivity index (χ1n) is 4.88. The number of non-ortho nitro benzene ring substituents is 1. The summed E-state index contributed by atoms with van der Waals surface area (Å²) in [4.78, 5) is 14.2. The summed E-state index contributed by atoms with van der Waals surface area (Å²) in [5.74, 6) is 0.583. The summed E-state index contributed by atoms with van der Waals surface area (Å²) in [6.45, 7) is 0. The van der Waals surface area contributed by atoms with Gasteiger partial charge >= 0.3 is 0 Å². The van der Waals surface area contributed by atoms with E-state index in [9.17, 15) is 10.1 Å². The van der Waals surface area contributed by atoms with Gasteiger partial charge in [-0.1, -0.05) is 6.07 Å². The number of hydrogen-bond donors (Lipinski definition) is 2. The number of aromatic nitrogens is 1. The second-order valence-electron chi connectivity index (χ2n) is 3.41. The van der Waals surface area contributed by atoms with Crippen LogP contribution in [0.5, 0.6) is 0 Å². The summed E-state index contributed by atoms with van der Waals surface area (Å²) in [5.41, 5.74) is 6.71. The first-order valence-corrected chi connectivity index (χ1v) is 4.88. The van der Waals surface area contributed by atoms with Crippen LogP contribution in [0.4, 0.5) is 22.9 Å². The molecule has 0 aliphatic heterocycles. The lowest BCUT2D eigenvalue weighted by molar-refractivity contribution is -0.384. The third-order valence-corrected chi connectivity index (χ3v) is 2.12. The molecular formula is C11H10N4O2. The van der Waals surface area contributed by atoms with Crippen molar-refractivity contribution in [1.82, 2.24) is 4.98 Å². The van der Waals surface area contributed by atoms with Gasteiger partial charge in [-0.2, -0.15) is 0 Å². The number of nitro groups is 1. The van der Waals surface area contributed by atoms with Crippen LogP contribution in [0.25, 0.3) is 0 Å². The van der Waals surface area contributed by atoms with Gasteiger partial charge in [-0.05, 0) is 18.2 Å². The summed E-state index contributed by atoms with van der Waals surface area (Å²) >= 11 is 0. The van der Waals surface area contributed by atoms with E-state index in [-0.39, 0.29) is 5.69 Å². The van der Waals surface area contributed by atoms with Gasteiger partial charge in [-0.25, -0.2) is 4.98 Å². The Morgan fingerprint density at radius 1 is 1.29 bits per heavy atom. The Kier molecular flexibility index (Phi) is 2.87. The van der Waals surface area contributed by atoms with Crippen molar-refractivity contribution in [2.45, 2.75) is 0 Å². The minimum atomic E-state index is -0.443. The summed E-state index contributed by atoms with van der Waals surface area (Å²) in [7, 11) is 0. The van der Waals surface area contributed by atoms with Gasteiger partial charge in [-0.15, -0.1) is 0 Å². The lowest BCUT2D eigenvalue weighted by Gasteiger charge is -2.05. The van der Waals surface area contributed by atoms with Crippen LogP contribution in [0.3, 0.4) is 0 Å². The molecule has 1 aromatic carbocycles. The Morgan fingerprint density at radius 2 is 2.12 bits per heavy atom. The Balaban J connectivity index is 2.21. The second kappa shape index (κ2) is 4.48. The average molecular weight is 230 g/mol. The van der Waals surface area contributed by atoms with E-state index in [1.165, 1.54) is 18.3 Å². The quantitative estimate of drug-likeness (QED) is 0.623. The fourth-order valence-electron chi connectivity index (χ4n) is 1.32. The molecule has 2 rings (SSSR count). The Morgan fingerprint density at radius 3 is 2.76 bits per heavy atom. The van der Waals surface area contributed by atoms with Crippen LogP contribution in [0.1, 0.15) is 0 Å². The number of nitrogen functional groups attached to an aromatic ring is 1. The molecule has 0 saturated carbocycles. The van der Waals surface area contributed by atoms with E-state index in [0.29, 0.717) is 17.2 Å². The van der Waals surface area contributed by atoms with Crippen LogP contribution in [0, 0.1) is 10.1 Å². The van der Waals surface area contributed by atoms with E-state index in [0.717, 1.165) is 0 Å². The van der Waals surface area contributed by atoms with Gasteiger partial charge < -0.3 is 11.1 Å². The van der Waals surface area contributed by atoms with Crippen molar-refractivity contribution in [3.63, 3.8) is 0 Å². The van der Waals surface area contributed by atoms with Crippen LogP contribution in [0.15, 0.2) is 42.6 Å². The maximum Gasteiger partial charge on any atom is 0.271 e. The highest BCUT2D eigenvalue weighted by atomic mass is 16.6. The van der Waals surface area contributed by atoms with Gasteiger partial charge in [-0.3, -0.25) is 10.1 Å². The van der Waals surface area contributed by atoms with Crippen molar-refractivity contribution >= 4 is 22.9 Å². The Labute approximate surface area is 97.3 Å². The molecule has 0 atom stereocenters. The molecule has 0 unspecified atom stereocenters. The molecular weight excluding hydrogens is 220 g/mol. The second-order valence-corrected chi connectivity index (χ2v) is 3.41. The molecule has 1 aromatic heterocycles. The van der Waals surface area contributed by atoms with Crippen molar-refractivity contribution in [3.8, 4) is 0 Å². The lowest BCUT2D eigenvalue weighted by Crippen LogP contribution is -1.95. The zero-order valence-corrected chi connectivity index (χ0v) is 8.83. The van der Waals surface area contributed by atoms with Gasteiger partial charge in [0.2, 0.25) is 0 Å². The predicted molar refractivity (Wildman–Crippen MR) is 65.0 cm³/mol. The summed E-state index contributed by atoms with van der Waals surface area (Å²) in [6, 6.07) is 9.61. The summed E-state index contributed by atoms with van der Waals surface area (Å²) < 4.78 is 0. The molecule has 0 amide bonds. The number of anilines is 3. The SMILES string of the molecule is Nc1ccc(Nc2cccc([N+](=O)[O-])c2)nc1. The number of nitrogens with zero attached hydrogens (tertiary/aromatic N) is 2. The van der Waals surface area contributed by atoms with Crippen molar-refractivity contribution in [1.29, 1.82) is 0 Å². The van der Waals surface area contributed by atoms with Crippen molar-refractivity contribution < 1.29 is 4.92 Å². The molecule has 0 aliphatic rings. The summed E-state index contributed by atoms with van der Waals surface area (Å²) in [5, 5.41) is 13.6. The average Bonchev–Trinajstić information content (AvgIpc) is 2.32. The Bertz CT molecular complexity index is 539. The minimum absolute atomic E-state index is 0.0328. The van der Waals surface area contributed by atoms with Crippen LogP contribution < -0.4 is 11.1 Å². The number of pyridine rings is 1. The highest BCUT2D eigenvalue weighted by molar-refractivity contribution is 5.60. The number of rotatable bonds is 3. The van der Waals surface area contributed by atoms with Gasteiger partial charge in [0.25, 0.3) is 5.69 Å². The molecule has 0 radical (unpaired) electrons. The lowest BCUT2D eigenvalue weighted by atomic mass is 10.3. The van der Waals surface area contributed by atoms with Gasteiger partial charge in [0.1, 0.15) is 5.82 Å². The molecule has 0 spiro atoms. The highest BCUT2D eigenvalue weighted by Gasteiger charge is 2.05. The smallest absolute Gasteiger partial charge is 0.271 e. The van der Waals surface area contributed by atoms with Crippen LogP contribution in [-0.2, 0) is 0 Å². The van der Waals surface area contributed by atoms with E-state index in [2.05, 4.69) is 10.3 Å². The first-order chi connectivity index (χ1) is 8.15. The molecule has 1 heterocycles. The van der Waals surface area contributed by atoms with Gasteiger partial charge in [0.15, 0.2) is 0 Å². The molecule has 0 bridgehead atoms. The molecule has 2 aromatic rings. The number of benzene rings is 1. The first kappa shape index (κ1) is 10.9. The maximum atomic E-state index is 10.6. The molecule has 0 fully saturated rings. The van der Waals surface area contributed by atoms with Crippen LogP contribution in [-0.4, -0.2) is 9.91 Å². The minimum Gasteiger partial charge on any atom is -0.397 e. The number of hydrogen-bond acceptors (Lipinski definition) is 5. The molecule has 3 N–H and O–H groups in total. The normalized spacial score (nSPS) is 9.88. The topological polar surface area (TPSA) is 94.1 Å². The van der Waals surface area contributed by atoms with E-state index in [1.807, 2.05) is 0 Å². The maximum absolute atomic E-state index is 10.6. The third-order valence-electron chi connectivity index (χ3n) is 2.12. The molecule has 0 saturated heterocycles. The predicted octanol–water partition coefficient (Wildman–Crippen LogP) is 2.32. The largest absolute Gasteiger partial charge is 0.397 e. The van der Waals surface area contributed by atoms with E-state index < -0.39 is 4.92 Å². The highest BCUT2D eigenvalue weighted by Crippen LogP contribution is 2.20. The molecule has 6 nitrogen and oxygen atoms in total.